The molecule has 1 aromatic rings. The third-order valence-electron chi connectivity index (χ3n) is 3.05. The molecule has 1 fully saturated rings. The van der Waals surface area contributed by atoms with Crippen molar-refractivity contribution in [3.8, 4) is 0 Å². The fourth-order valence-electron chi connectivity index (χ4n) is 1.94. The average Bonchev–Trinajstić information content (AvgIpc) is 2.46. The van der Waals surface area contributed by atoms with Crippen LogP contribution in [0.1, 0.15) is 5.56 Å². The highest BCUT2D eigenvalue weighted by atomic mass is 16.5. The summed E-state index contributed by atoms with van der Waals surface area (Å²) in [6.07, 6.45) is 3.00. The molecule has 0 saturated carbocycles. The molecule has 20 heavy (non-hydrogen) atoms. The van der Waals surface area contributed by atoms with Gasteiger partial charge in [-0.2, -0.15) is 0 Å². The van der Waals surface area contributed by atoms with Crippen molar-refractivity contribution in [2.75, 3.05) is 25.5 Å². The van der Waals surface area contributed by atoms with E-state index in [-0.39, 0.29) is 19.1 Å². The number of carbonyl (C=O) groups is 2. The normalized spacial score (nSPS) is 19.2. The Labute approximate surface area is 116 Å². The second-order valence-electron chi connectivity index (χ2n) is 4.46. The van der Waals surface area contributed by atoms with Crippen LogP contribution in [-0.2, 0) is 14.3 Å². The number of hydrogen-bond donors (Lipinski definition) is 2. The number of carbonyl (C=O) groups excluding carboxylic acids is 1. The van der Waals surface area contributed by atoms with E-state index in [0.29, 0.717) is 12.3 Å². The molecular weight excluding hydrogens is 260 g/mol. The van der Waals surface area contributed by atoms with Gasteiger partial charge in [-0.1, -0.05) is 12.1 Å². The fraction of sp³-hybridized carbons (Fsp3) is 0.286. The van der Waals surface area contributed by atoms with Gasteiger partial charge in [0.15, 0.2) is 6.04 Å². The summed E-state index contributed by atoms with van der Waals surface area (Å²) in [6, 6.07) is 6.12. The Bertz CT molecular complexity index is 524. The smallest absolute Gasteiger partial charge is 0.328 e. The molecule has 106 valence electrons. The summed E-state index contributed by atoms with van der Waals surface area (Å²) in [5, 5.41) is 9.06. The van der Waals surface area contributed by atoms with Gasteiger partial charge >= 0.3 is 5.97 Å². The van der Waals surface area contributed by atoms with Crippen molar-refractivity contribution in [3.05, 3.63) is 35.9 Å². The van der Waals surface area contributed by atoms with Crippen LogP contribution in [0.25, 0.3) is 6.08 Å². The van der Waals surface area contributed by atoms with Gasteiger partial charge in [0.05, 0.1) is 13.2 Å². The van der Waals surface area contributed by atoms with Crippen LogP contribution in [0.4, 0.5) is 5.69 Å². The van der Waals surface area contributed by atoms with Gasteiger partial charge in [0.2, 0.25) is 5.91 Å². The molecule has 1 amide bonds. The number of nitrogens with two attached hydrogens (primary N) is 1. The van der Waals surface area contributed by atoms with Crippen LogP contribution < -0.4 is 5.73 Å². The molecule has 0 aliphatic carbocycles. The van der Waals surface area contributed by atoms with Gasteiger partial charge in [-0.25, -0.2) is 4.79 Å². The minimum Gasteiger partial charge on any atom is -0.480 e. The van der Waals surface area contributed by atoms with Crippen LogP contribution in [-0.4, -0.2) is 47.7 Å². The van der Waals surface area contributed by atoms with Crippen LogP contribution in [0.2, 0.25) is 0 Å². The summed E-state index contributed by atoms with van der Waals surface area (Å²) < 4.78 is 5.09. The highest BCUT2D eigenvalue weighted by molar-refractivity contribution is 5.94. The quantitative estimate of drug-likeness (QED) is 0.622. The zero-order valence-corrected chi connectivity index (χ0v) is 10.9. The Morgan fingerprint density at radius 1 is 1.35 bits per heavy atom. The molecule has 0 radical (unpaired) electrons. The van der Waals surface area contributed by atoms with Crippen LogP contribution in [0.3, 0.4) is 0 Å². The van der Waals surface area contributed by atoms with Crippen LogP contribution in [0.15, 0.2) is 30.3 Å². The molecule has 6 heteroatoms. The van der Waals surface area contributed by atoms with Gasteiger partial charge in [0, 0.05) is 18.3 Å². The van der Waals surface area contributed by atoms with Crippen molar-refractivity contribution in [2.24, 2.45) is 0 Å². The molecule has 1 saturated heterocycles. The van der Waals surface area contributed by atoms with Gasteiger partial charge in [-0.15, -0.1) is 0 Å². The molecule has 2 rings (SSSR count). The topological polar surface area (TPSA) is 92.9 Å². The van der Waals surface area contributed by atoms with Crippen LogP contribution in [0.5, 0.6) is 0 Å². The highest BCUT2D eigenvalue weighted by Gasteiger charge is 2.31. The largest absolute Gasteiger partial charge is 0.480 e. The first-order valence-corrected chi connectivity index (χ1v) is 6.22. The zero-order chi connectivity index (χ0) is 14.5. The molecule has 6 nitrogen and oxygen atoms in total. The molecule has 0 bridgehead atoms. The molecule has 0 spiro atoms. The van der Waals surface area contributed by atoms with E-state index >= 15 is 0 Å². The Morgan fingerprint density at radius 2 is 2.05 bits per heavy atom. The van der Waals surface area contributed by atoms with E-state index in [1.165, 1.54) is 11.0 Å². The van der Waals surface area contributed by atoms with E-state index in [4.69, 9.17) is 15.6 Å². The first kappa shape index (κ1) is 14.1. The number of aliphatic carboxylic acids is 1. The Hall–Kier alpha value is -2.34. The number of ether oxygens (including phenoxy) is 1. The first-order valence-electron chi connectivity index (χ1n) is 6.22. The second kappa shape index (κ2) is 6.21. The predicted octanol–water partition coefficient (Wildman–Crippen LogP) is 0.594. The molecular formula is C14H16N2O4. The Kier molecular flexibility index (Phi) is 4.37. The monoisotopic (exact) mass is 276 g/mol. The van der Waals surface area contributed by atoms with E-state index in [1.807, 2.05) is 0 Å². The molecule has 1 aliphatic heterocycles. The standard InChI is InChI=1S/C14H16N2O4/c15-11-4-1-10(2-5-11)3-6-13(17)16-7-8-20-9-12(16)14(18)19/h1-6,12H,7-9,15H2,(H,18,19)/b6-3+. The van der Waals surface area contributed by atoms with Gasteiger partial charge in [-0.05, 0) is 23.8 Å². The Balaban J connectivity index is 2.06. The van der Waals surface area contributed by atoms with E-state index in [0.717, 1.165) is 5.56 Å². The lowest BCUT2D eigenvalue weighted by Crippen LogP contribution is -2.52. The summed E-state index contributed by atoms with van der Waals surface area (Å²) in [5.41, 5.74) is 7.05. The summed E-state index contributed by atoms with van der Waals surface area (Å²) in [5.74, 6) is -1.39. The maximum Gasteiger partial charge on any atom is 0.328 e. The zero-order valence-electron chi connectivity index (χ0n) is 10.9. The van der Waals surface area contributed by atoms with Crippen molar-refractivity contribution in [3.63, 3.8) is 0 Å². The van der Waals surface area contributed by atoms with Crippen molar-refractivity contribution >= 4 is 23.6 Å². The molecule has 1 heterocycles. The maximum atomic E-state index is 12.0. The van der Waals surface area contributed by atoms with Crippen molar-refractivity contribution in [2.45, 2.75) is 6.04 Å². The first-order chi connectivity index (χ1) is 9.58. The number of anilines is 1. The van der Waals surface area contributed by atoms with E-state index in [9.17, 15) is 9.59 Å². The third kappa shape index (κ3) is 3.36. The maximum absolute atomic E-state index is 12.0. The van der Waals surface area contributed by atoms with E-state index < -0.39 is 12.0 Å². The van der Waals surface area contributed by atoms with Crippen molar-refractivity contribution < 1.29 is 19.4 Å². The SMILES string of the molecule is Nc1ccc(/C=C/C(=O)N2CCOCC2C(=O)O)cc1. The summed E-state index contributed by atoms with van der Waals surface area (Å²) in [6.45, 7) is 0.657. The number of nitrogens with zero attached hydrogens (tertiary/aromatic N) is 1. The van der Waals surface area contributed by atoms with E-state index in [2.05, 4.69) is 0 Å². The minimum atomic E-state index is -1.06. The highest BCUT2D eigenvalue weighted by Crippen LogP contribution is 2.11. The number of carboxylic acids is 1. The summed E-state index contributed by atoms with van der Waals surface area (Å²) >= 11 is 0. The minimum absolute atomic E-state index is 0.0246. The average molecular weight is 276 g/mol. The number of amides is 1. The molecule has 1 atom stereocenters. The molecule has 3 N–H and O–H groups in total. The lowest BCUT2D eigenvalue weighted by atomic mass is 10.1. The number of carboxylic acid groups (broad SMARTS) is 1. The molecule has 1 aliphatic rings. The van der Waals surface area contributed by atoms with Crippen LogP contribution >= 0.6 is 0 Å². The lowest BCUT2D eigenvalue weighted by molar-refractivity contribution is -0.156. The van der Waals surface area contributed by atoms with Gasteiger partial charge in [0.1, 0.15) is 0 Å². The molecule has 0 aromatic heterocycles. The van der Waals surface area contributed by atoms with E-state index in [1.54, 1.807) is 30.3 Å². The number of benzene rings is 1. The van der Waals surface area contributed by atoms with Crippen molar-refractivity contribution in [1.82, 2.24) is 4.90 Å². The van der Waals surface area contributed by atoms with Gasteiger partial charge in [-0.3, -0.25) is 4.79 Å². The number of rotatable bonds is 3. The summed E-state index contributed by atoms with van der Waals surface area (Å²) in [4.78, 5) is 24.4. The van der Waals surface area contributed by atoms with Crippen molar-refractivity contribution in [1.29, 1.82) is 0 Å². The molecule has 1 aromatic carbocycles. The molecule has 1 unspecified atom stereocenters. The number of morpholine rings is 1. The summed E-state index contributed by atoms with van der Waals surface area (Å²) in [7, 11) is 0. The number of hydrogen-bond acceptors (Lipinski definition) is 4. The van der Waals surface area contributed by atoms with Crippen LogP contribution in [0, 0.1) is 0 Å². The van der Waals surface area contributed by atoms with Gasteiger partial charge < -0.3 is 20.5 Å². The fourth-order valence-corrected chi connectivity index (χ4v) is 1.94. The van der Waals surface area contributed by atoms with Gasteiger partial charge in [0.25, 0.3) is 0 Å². The second-order valence-corrected chi connectivity index (χ2v) is 4.46. The lowest BCUT2D eigenvalue weighted by Gasteiger charge is -2.31. The third-order valence-corrected chi connectivity index (χ3v) is 3.05. The predicted molar refractivity (Wildman–Crippen MR) is 73.8 cm³/mol. The Morgan fingerprint density at radius 3 is 2.70 bits per heavy atom. The number of nitrogen functional groups attached to an aromatic ring is 1.